The number of fused-ring (bicyclic) bond motifs is 3. The molecule has 2 heterocycles. The molecular formula is C15H23NO5. The fourth-order valence-electron chi connectivity index (χ4n) is 4.13. The van der Waals surface area contributed by atoms with Crippen molar-refractivity contribution < 1.29 is 24.5 Å². The van der Waals surface area contributed by atoms with Gasteiger partial charge in [-0.25, -0.2) is 0 Å². The van der Waals surface area contributed by atoms with Gasteiger partial charge in [-0.15, -0.1) is 0 Å². The maximum Gasteiger partial charge on any atom is 0.253 e. The normalized spacial score (nSPS) is 43.1. The molecular weight excluding hydrogens is 274 g/mol. The number of likely N-dealkylation sites (tertiary alicyclic amines) is 1. The van der Waals surface area contributed by atoms with Crippen molar-refractivity contribution in [3.8, 4) is 0 Å². The molecule has 4 unspecified atom stereocenters. The minimum Gasteiger partial charge on any atom is -0.387 e. The standard InChI is InChI=1S/C15H23NO5/c1-4-16-13(19)11-9-8-21-15(20-3,12(9)18)10(17)6-5-7-14(11,16)2/h10,12,17-18H,4-8H2,1-3H3. The van der Waals surface area contributed by atoms with Crippen LogP contribution in [-0.4, -0.2) is 64.8 Å². The third-order valence-corrected chi connectivity index (χ3v) is 5.32. The number of hydrogen-bond donors (Lipinski definition) is 2. The summed E-state index contributed by atoms with van der Waals surface area (Å²) in [6, 6.07) is 0. The zero-order valence-corrected chi connectivity index (χ0v) is 12.8. The van der Waals surface area contributed by atoms with Crippen molar-refractivity contribution in [1.82, 2.24) is 4.90 Å². The van der Waals surface area contributed by atoms with Gasteiger partial charge in [0.25, 0.3) is 5.91 Å². The molecule has 3 aliphatic rings. The SMILES string of the molecule is CCN1C(=O)C2=C3COC(OC)(C(O)CCCC21C)C3O. The molecule has 0 aromatic carbocycles. The summed E-state index contributed by atoms with van der Waals surface area (Å²) in [5, 5.41) is 21.0. The van der Waals surface area contributed by atoms with Crippen LogP contribution >= 0.6 is 0 Å². The monoisotopic (exact) mass is 297 g/mol. The first-order valence-corrected chi connectivity index (χ1v) is 7.53. The average molecular weight is 297 g/mol. The second-order valence-corrected chi connectivity index (χ2v) is 6.25. The summed E-state index contributed by atoms with van der Waals surface area (Å²) in [6.07, 6.45) is -0.0453. The smallest absolute Gasteiger partial charge is 0.253 e. The van der Waals surface area contributed by atoms with Gasteiger partial charge in [-0.2, -0.15) is 0 Å². The van der Waals surface area contributed by atoms with Crippen molar-refractivity contribution in [1.29, 1.82) is 0 Å². The zero-order valence-electron chi connectivity index (χ0n) is 12.8. The second-order valence-electron chi connectivity index (χ2n) is 6.25. The van der Waals surface area contributed by atoms with E-state index in [1.807, 2.05) is 18.7 Å². The van der Waals surface area contributed by atoms with Crippen LogP contribution in [0.2, 0.25) is 0 Å². The van der Waals surface area contributed by atoms with Crippen molar-refractivity contribution in [2.75, 3.05) is 20.3 Å². The van der Waals surface area contributed by atoms with E-state index in [-0.39, 0.29) is 18.1 Å². The summed E-state index contributed by atoms with van der Waals surface area (Å²) >= 11 is 0. The van der Waals surface area contributed by atoms with Crippen LogP contribution in [0.5, 0.6) is 0 Å². The predicted octanol–water partition coefficient (Wildman–Crippen LogP) is 0.182. The van der Waals surface area contributed by atoms with Crippen molar-refractivity contribution in [3.05, 3.63) is 11.1 Å². The molecule has 2 aliphatic heterocycles. The average Bonchev–Trinajstić information content (AvgIpc) is 2.78. The van der Waals surface area contributed by atoms with Gasteiger partial charge < -0.3 is 24.6 Å². The number of methoxy groups -OCH3 is 1. The number of carbonyl (C=O) groups excluding carboxylic acids is 1. The number of aliphatic hydroxyl groups is 2. The van der Waals surface area contributed by atoms with Crippen molar-refractivity contribution in [3.63, 3.8) is 0 Å². The first kappa shape index (κ1) is 15.0. The Morgan fingerprint density at radius 2 is 2.19 bits per heavy atom. The van der Waals surface area contributed by atoms with E-state index in [0.29, 0.717) is 24.1 Å². The molecule has 2 saturated heterocycles. The van der Waals surface area contributed by atoms with Crippen LogP contribution in [0.4, 0.5) is 0 Å². The van der Waals surface area contributed by atoms with Crippen LogP contribution in [0.15, 0.2) is 11.1 Å². The molecule has 21 heavy (non-hydrogen) atoms. The highest BCUT2D eigenvalue weighted by molar-refractivity contribution is 6.04. The first-order valence-electron chi connectivity index (χ1n) is 7.53. The summed E-state index contributed by atoms with van der Waals surface area (Å²) in [6.45, 7) is 4.74. The number of ether oxygens (including phenoxy) is 2. The number of hydrogen-bond acceptors (Lipinski definition) is 5. The summed E-state index contributed by atoms with van der Waals surface area (Å²) in [5.74, 6) is -1.48. The highest BCUT2D eigenvalue weighted by Gasteiger charge is 2.60. The lowest BCUT2D eigenvalue weighted by Gasteiger charge is -2.53. The fraction of sp³-hybridized carbons (Fsp3) is 0.800. The molecule has 4 atom stereocenters. The van der Waals surface area contributed by atoms with Crippen LogP contribution in [0.25, 0.3) is 0 Å². The Hall–Kier alpha value is -0.950. The van der Waals surface area contributed by atoms with E-state index in [1.165, 1.54) is 7.11 Å². The second kappa shape index (κ2) is 4.78. The summed E-state index contributed by atoms with van der Waals surface area (Å²) < 4.78 is 11.0. The predicted molar refractivity (Wildman–Crippen MR) is 74.4 cm³/mol. The number of carbonyl (C=O) groups is 1. The molecule has 0 aromatic heterocycles. The number of β-lactam (4-membered cyclic amide) rings is 1. The minimum absolute atomic E-state index is 0.0408. The van der Waals surface area contributed by atoms with Crippen molar-refractivity contribution in [2.45, 2.75) is 56.6 Å². The number of rotatable bonds is 2. The fourth-order valence-corrected chi connectivity index (χ4v) is 4.13. The van der Waals surface area contributed by atoms with Gasteiger partial charge in [-0.1, -0.05) is 0 Å². The van der Waals surface area contributed by atoms with Gasteiger partial charge in [0.15, 0.2) is 0 Å². The number of nitrogens with zero attached hydrogens (tertiary/aromatic N) is 1. The molecule has 1 aliphatic carbocycles. The molecule has 118 valence electrons. The maximum absolute atomic E-state index is 12.4. The third-order valence-electron chi connectivity index (χ3n) is 5.32. The molecule has 0 radical (unpaired) electrons. The van der Waals surface area contributed by atoms with E-state index in [0.717, 1.165) is 12.8 Å². The minimum atomic E-state index is -1.44. The molecule has 2 fully saturated rings. The van der Waals surface area contributed by atoms with E-state index in [4.69, 9.17) is 9.47 Å². The highest BCUT2D eigenvalue weighted by Crippen LogP contribution is 2.48. The number of aliphatic hydroxyl groups excluding tert-OH is 2. The van der Waals surface area contributed by atoms with Crippen LogP contribution in [0, 0.1) is 0 Å². The Balaban J connectivity index is 2.10. The lowest BCUT2D eigenvalue weighted by molar-refractivity contribution is -0.279. The first-order chi connectivity index (χ1) is 9.92. The van der Waals surface area contributed by atoms with Gasteiger partial charge in [0.1, 0.15) is 12.2 Å². The molecule has 0 spiro atoms. The quantitative estimate of drug-likeness (QED) is 0.711. The molecule has 2 bridgehead atoms. The molecule has 2 N–H and O–H groups in total. The number of likely N-dealkylation sites (N-methyl/N-ethyl adjacent to an activating group) is 1. The van der Waals surface area contributed by atoms with Gasteiger partial charge in [0, 0.05) is 24.8 Å². The van der Waals surface area contributed by atoms with Crippen LogP contribution < -0.4 is 0 Å². The highest BCUT2D eigenvalue weighted by atomic mass is 16.7. The van der Waals surface area contributed by atoms with Crippen molar-refractivity contribution >= 4 is 5.91 Å². The Morgan fingerprint density at radius 3 is 2.81 bits per heavy atom. The van der Waals surface area contributed by atoms with Crippen LogP contribution in [-0.2, 0) is 14.3 Å². The Labute approximate surface area is 124 Å². The van der Waals surface area contributed by atoms with Crippen LogP contribution in [0.1, 0.15) is 33.1 Å². The van der Waals surface area contributed by atoms with E-state index < -0.39 is 18.0 Å². The van der Waals surface area contributed by atoms with Crippen LogP contribution in [0.3, 0.4) is 0 Å². The number of amides is 1. The molecule has 6 heteroatoms. The summed E-state index contributed by atoms with van der Waals surface area (Å²) in [7, 11) is 1.41. The van der Waals surface area contributed by atoms with E-state index in [9.17, 15) is 15.0 Å². The Kier molecular flexibility index (Phi) is 3.40. The largest absolute Gasteiger partial charge is 0.387 e. The molecule has 0 saturated carbocycles. The summed E-state index contributed by atoms with van der Waals surface area (Å²) in [5.41, 5.74) is 0.833. The molecule has 1 amide bonds. The van der Waals surface area contributed by atoms with Gasteiger partial charge >= 0.3 is 0 Å². The zero-order chi connectivity index (χ0) is 15.4. The van der Waals surface area contributed by atoms with E-state index in [2.05, 4.69) is 0 Å². The summed E-state index contributed by atoms with van der Waals surface area (Å²) in [4.78, 5) is 14.2. The lowest BCUT2D eigenvalue weighted by atomic mass is 9.73. The van der Waals surface area contributed by atoms with E-state index in [1.54, 1.807) is 0 Å². The topological polar surface area (TPSA) is 79.2 Å². The van der Waals surface area contributed by atoms with Crippen molar-refractivity contribution in [2.24, 2.45) is 0 Å². The van der Waals surface area contributed by atoms with Gasteiger partial charge in [-0.05, 0) is 33.1 Å². The Bertz CT molecular complexity index is 504. The Morgan fingerprint density at radius 1 is 1.48 bits per heavy atom. The maximum atomic E-state index is 12.4. The third kappa shape index (κ3) is 1.70. The molecule has 3 rings (SSSR count). The molecule has 6 nitrogen and oxygen atoms in total. The van der Waals surface area contributed by atoms with Gasteiger partial charge in [-0.3, -0.25) is 4.79 Å². The van der Waals surface area contributed by atoms with Gasteiger partial charge in [0.2, 0.25) is 5.79 Å². The van der Waals surface area contributed by atoms with E-state index >= 15 is 0 Å². The van der Waals surface area contributed by atoms with Gasteiger partial charge in [0.05, 0.1) is 12.1 Å². The lowest BCUT2D eigenvalue weighted by Crippen LogP contribution is -2.64. The molecule has 0 aromatic rings.